The van der Waals surface area contributed by atoms with Crippen LogP contribution in [-0.2, 0) is 6.54 Å². The third-order valence-corrected chi connectivity index (χ3v) is 3.95. The van der Waals surface area contributed by atoms with Gasteiger partial charge in [0.25, 0.3) is 0 Å². The molecule has 3 heteroatoms. The van der Waals surface area contributed by atoms with Gasteiger partial charge in [0.2, 0.25) is 0 Å². The number of hydrogen-bond acceptors (Lipinski definition) is 3. The Morgan fingerprint density at radius 1 is 1.26 bits per heavy atom. The maximum Gasteiger partial charge on any atom is 0.123 e. The molecule has 0 aliphatic rings. The van der Waals surface area contributed by atoms with Gasteiger partial charge >= 0.3 is 0 Å². The van der Waals surface area contributed by atoms with Gasteiger partial charge in [-0.25, -0.2) is 0 Å². The molecule has 1 rings (SSSR count). The second-order valence-corrected chi connectivity index (χ2v) is 5.90. The lowest BCUT2D eigenvalue weighted by atomic mass is 9.97. The van der Waals surface area contributed by atoms with E-state index in [-0.39, 0.29) is 12.1 Å². The molecule has 0 saturated carbocycles. The summed E-state index contributed by atoms with van der Waals surface area (Å²) >= 11 is 0. The molecule has 0 spiro atoms. The fraction of sp³-hybridized carbons (Fsp3) is 0.625. The van der Waals surface area contributed by atoms with Gasteiger partial charge in [-0.2, -0.15) is 0 Å². The summed E-state index contributed by atoms with van der Waals surface area (Å²) in [5.41, 5.74) is 3.66. The standard InChI is InChI=1S/C16H27NO2/c1-12-9-13(2)14(15(10-12)19-6)11-17(5)16(3,4)7-8-18/h9-10,18H,7-8,11H2,1-6H3. The molecule has 108 valence electrons. The predicted molar refractivity (Wildman–Crippen MR) is 79.7 cm³/mol. The molecule has 0 amide bonds. The van der Waals surface area contributed by atoms with Crippen LogP contribution in [0.2, 0.25) is 0 Å². The fourth-order valence-electron chi connectivity index (χ4n) is 2.26. The second-order valence-electron chi connectivity index (χ2n) is 5.90. The minimum Gasteiger partial charge on any atom is -0.496 e. The van der Waals surface area contributed by atoms with Crippen molar-refractivity contribution in [3.63, 3.8) is 0 Å². The van der Waals surface area contributed by atoms with Crippen molar-refractivity contribution in [2.75, 3.05) is 20.8 Å². The largest absolute Gasteiger partial charge is 0.496 e. The van der Waals surface area contributed by atoms with Crippen molar-refractivity contribution < 1.29 is 9.84 Å². The second kappa shape index (κ2) is 6.40. The summed E-state index contributed by atoms with van der Waals surface area (Å²) in [6, 6.07) is 4.26. The summed E-state index contributed by atoms with van der Waals surface area (Å²) in [5.74, 6) is 0.948. The van der Waals surface area contributed by atoms with Crippen LogP contribution in [0, 0.1) is 13.8 Å². The molecular formula is C16H27NO2. The average Bonchev–Trinajstić information content (AvgIpc) is 2.31. The number of benzene rings is 1. The van der Waals surface area contributed by atoms with Crippen molar-refractivity contribution in [2.24, 2.45) is 0 Å². The monoisotopic (exact) mass is 265 g/mol. The molecule has 0 aromatic heterocycles. The van der Waals surface area contributed by atoms with E-state index in [1.807, 2.05) is 0 Å². The summed E-state index contributed by atoms with van der Waals surface area (Å²) in [4.78, 5) is 2.27. The molecule has 0 bridgehead atoms. The van der Waals surface area contributed by atoms with Gasteiger partial charge < -0.3 is 9.84 Å². The molecule has 3 nitrogen and oxygen atoms in total. The van der Waals surface area contributed by atoms with Crippen molar-refractivity contribution in [1.29, 1.82) is 0 Å². The summed E-state index contributed by atoms with van der Waals surface area (Å²) in [7, 11) is 3.81. The Morgan fingerprint density at radius 3 is 2.42 bits per heavy atom. The van der Waals surface area contributed by atoms with E-state index in [9.17, 15) is 0 Å². The van der Waals surface area contributed by atoms with E-state index in [0.717, 1.165) is 18.7 Å². The Labute approximate surface area is 117 Å². The third kappa shape index (κ3) is 3.95. The molecule has 0 saturated heterocycles. The summed E-state index contributed by atoms with van der Waals surface area (Å²) < 4.78 is 5.50. The Balaban J connectivity index is 2.99. The van der Waals surface area contributed by atoms with Crippen LogP contribution in [0.5, 0.6) is 5.75 Å². The molecule has 0 radical (unpaired) electrons. The number of aliphatic hydroxyl groups excluding tert-OH is 1. The van der Waals surface area contributed by atoms with E-state index in [0.29, 0.717) is 0 Å². The van der Waals surface area contributed by atoms with Crippen LogP contribution in [0.1, 0.15) is 37.0 Å². The smallest absolute Gasteiger partial charge is 0.123 e. The zero-order chi connectivity index (χ0) is 14.6. The van der Waals surface area contributed by atoms with E-state index < -0.39 is 0 Å². The maximum atomic E-state index is 9.16. The van der Waals surface area contributed by atoms with Gasteiger partial charge in [0, 0.05) is 24.3 Å². The lowest BCUT2D eigenvalue weighted by molar-refractivity contribution is 0.109. The number of nitrogens with zero attached hydrogens (tertiary/aromatic N) is 1. The Kier molecular flexibility index (Phi) is 5.39. The normalized spacial score (nSPS) is 12.0. The van der Waals surface area contributed by atoms with Crippen molar-refractivity contribution in [2.45, 2.75) is 46.2 Å². The highest BCUT2D eigenvalue weighted by atomic mass is 16.5. The van der Waals surface area contributed by atoms with Gasteiger partial charge in [0.15, 0.2) is 0 Å². The van der Waals surface area contributed by atoms with E-state index in [1.54, 1.807) is 7.11 Å². The molecule has 1 N–H and O–H groups in total. The molecule has 0 unspecified atom stereocenters. The average molecular weight is 265 g/mol. The van der Waals surface area contributed by atoms with E-state index in [4.69, 9.17) is 9.84 Å². The van der Waals surface area contributed by atoms with Crippen LogP contribution in [0.4, 0.5) is 0 Å². The van der Waals surface area contributed by atoms with E-state index in [1.165, 1.54) is 16.7 Å². The minimum absolute atomic E-state index is 0.0307. The number of aliphatic hydroxyl groups is 1. The van der Waals surface area contributed by atoms with E-state index in [2.05, 4.69) is 51.8 Å². The summed E-state index contributed by atoms with van der Waals surface area (Å²) in [6.45, 7) is 9.54. The van der Waals surface area contributed by atoms with E-state index >= 15 is 0 Å². The molecule has 1 aromatic rings. The van der Waals surface area contributed by atoms with Crippen molar-refractivity contribution in [3.8, 4) is 5.75 Å². The van der Waals surface area contributed by atoms with Crippen LogP contribution in [0.25, 0.3) is 0 Å². The van der Waals surface area contributed by atoms with Crippen LogP contribution < -0.4 is 4.74 Å². The van der Waals surface area contributed by atoms with Gasteiger partial charge in [-0.3, -0.25) is 4.90 Å². The topological polar surface area (TPSA) is 32.7 Å². The lowest BCUT2D eigenvalue weighted by Crippen LogP contribution is -2.41. The highest BCUT2D eigenvalue weighted by Gasteiger charge is 2.24. The molecule has 0 aliphatic heterocycles. The number of methoxy groups -OCH3 is 1. The van der Waals surface area contributed by atoms with Gasteiger partial charge in [-0.05, 0) is 58.4 Å². The van der Waals surface area contributed by atoms with Crippen molar-refractivity contribution >= 4 is 0 Å². The van der Waals surface area contributed by atoms with Gasteiger partial charge in [0.05, 0.1) is 7.11 Å². The Bertz CT molecular complexity index is 427. The number of aryl methyl sites for hydroxylation is 2. The Morgan fingerprint density at radius 2 is 1.89 bits per heavy atom. The molecule has 1 aromatic carbocycles. The van der Waals surface area contributed by atoms with Crippen molar-refractivity contribution in [3.05, 3.63) is 28.8 Å². The fourth-order valence-corrected chi connectivity index (χ4v) is 2.26. The molecule has 0 atom stereocenters. The first-order valence-electron chi connectivity index (χ1n) is 6.78. The highest BCUT2D eigenvalue weighted by Crippen LogP contribution is 2.28. The van der Waals surface area contributed by atoms with Crippen LogP contribution in [-0.4, -0.2) is 36.3 Å². The minimum atomic E-state index is -0.0307. The quantitative estimate of drug-likeness (QED) is 0.858. The van der Waals surface area contributed by atoms with Gasteiger partial charge in [-0.15, -0.1) is 0 Å². The van der Waals surface area contributed by atoms with Crippen LogP contribution in [0.3, 0.4) is 0 Å². The Hall–Kier alpha value is -1.06. The zero-order valence-electron chi connectivity index (χ0n) is 13.1. The number of ether oxygens (including phenoxy) is 1. The van der Waals surface area contributed by atoms with Gasteiger partial charge in [-0.1, -0.05) is 6.07 Å². The van der Waals surface area contributed by atoms with Gasteiger partial charge in [0.1, 0.15) is 5.75 Å². The maximum absolute atomic E-state index is 9.16. The number of rotatable bonds is 6. The molecule has 19 heavy (non-hydrogen) atoms. The molecule has 0 heterocycles. The molecule has 0 fully saturated rings. The summed E-state index contributed by atoms with van der Waals surface area (Å²) in [6.07, 6.45) is 0.761. The highest BCUT2D eigenvalue weighted by molar-refractivity contribution is 5.43. The SMILES string of the molecule is COc1cc(C)cc(C)c1CN(C)C(C)(C)CCO. The lowest BCUT2D eigenvalue weighted by Gasteiger charge is -2.36. The first kappa shape index (κ1) is 16.0. The number of hydrogen-bond donors (Lipinski definition) is 1. The third-order valence-electron chi connectivity index (χ3n) is 3.95. The zero-order valence-corrected chi connectivity index (χ0v) is 13.1. The van der Waals surface area contributed by atoms with Crippen LogP contribution >= 0.6 is 0 Å². The first-order valence-corrected chi connectivity index (χ1v) is 6.78. The van der Waals surface area contributed by atoms with Crippen molar-refractivity contribution in [1.82, 2.24) is 4.90 Å². The molecular weight excluding hydrogens is 238 g/mol. The first-order chi connectivity index (χ1) is 8.81. The predicted octanol–water partition coefficient (Wildman–Crippen LogP) is 2.90. The summed E-state index contributed by atoms with van der Waals surface area (Å²) in [5, 5.41) is 9.16. The molecule has 0 aliphatic carbocycles. The van der Waals surface area contributed by atoms with Crippen LogP contribution in [0.15, 0.2) is 12.1 Å².